The Morgan fingerprint density at radius 2 is 2.38 bits per heavy atom. The number of methoxy groups -OCH3 is 1. The van der Waals surface area contributed by atoms with Gasteiger partial charge in [-0.2, -0.15) is 0 Å². The summed E-state index contributed by atoms with van der Waals surface area (Å²) < 4.78 is 5.07. The van der Waals surface area contributed by atoms with Crippen molar-refractivity contribution >= 4 is 6.72 Å². The fraction of sp³-hybridized carbons (Fsp3) is 0.333. The highest BCUT2D eigenvalue weighted by atomic mass is 16.5. The number of rotatable bonds is 3. The number of aryl methyl sites for hydroxylation is 1. The molecule has 0 atom stereocenters. The maximum atomic E-state index is 11.4. The summed E-state index contributed by atoms with van der Waals surface area (Å²) >= 11 is 0. The Bertz CT molecular complexity index is 368. The van der Waals surface area contributed by atoms with Crippen molar-refractivity contribution in [3.8, 4) is 5.75 Å². The Morgan fingerprint density at radius 3 is 2.92 bits per heavy atom. The average molecular weight is 181 g/mol. The molecule has 0 spiro atoms. The first-order valence-electron chi connectivity index (χ1n) is 3.95. The molecule has 1 aromatic rings. The predicted octanol–water partition coefficient (Wildman–Crippen LogP) is -1.03. The van der Waals surface area contributed by atoms with E-state index in [2.05, 4.69) is 16.7 Å². The monoisotopic (exact) mass is 181 g/mol. The lowest BCUT2D eigenvalue weighted by atomic mass is 10.2. The molecule has 0 unspecified atom stereocenters. The van der Waals surface area contributed by atoms with Crippen LogP contribution in [0.3, 0.4) is 0 Å². The van der Waals surface area contributed by atoms with Crippen LogP contribution in [-0.2, 0) is 6.54 Å². The van der Waals surface area contributed by atoms with Crippen LogP contribution in [0.1, 0.15) is 11.3 Å². The number of ether oxygens (including phenoxy) is 1. The normalized spacial score (nSPS) is 9.69. The molecule has 0 bridgehead atoms. The summed E-state index contributed by atoms with van der Waals surface area (Å²) in [6, 6.07) is 1.79. The fourth-order valence-corrected chi connectivity index (χ4v) is 1.16. The van der Waals surface area contributed by atoms with Crippen LogP contribution in [0.15, 0.2) is 10.9 Å². The van der Waals surface area contributed by atoms with Crippen LogP contribution in [0.25, 0.3) is 0 Å². The smallest absolute Gasteiger partial charge is 0.261 e. The highest BCUT2D eigenvalue weighted by Crippen LogP contribution is 2.12. The molecule has 70 valence electrons. The maximum Gasteiger partial charge on any atom is 0.261 e. The second-order valence-electron chi connectivity index (χ2n) is 2.76. The molecule has 0 amide bonds. The number of aromatic nitrogens is 1. The zero-order valence-corrected chi connectivity index (χ0v) is 7.81. The van der Waals surface area contributed by atoms with Gasteiger partial charge in [0.1, 0.15) is 18.0 Å². The second-order valence-corrected chi connectivity index (χ2v) is 2.76. The molecule has 0 aromatic carbocycles. The van der Waals surface area contributed by atoms with Crippen molar-refractivity contribution in [2.75, 3.05) is 7.11 Å². The number of pyridine rings is 1. The molecule has 0 aliphatic carbocycles. The van der Waals surface area contributed by atoms with Gasteiger partial charge in [0.15, 0.2) is 6.54 Å². The molecule has 1 aromatic heterocycles. The van der Waals surface area contributed by atoms with Crippen molar-refractivity contribution in [2.45, 2.75) is 13.5 Å². The third-order valence-corrected chi connectivity index (χ3v) is 1.75. The lowest BCUT2D eigenvalue weighted by Crippen LogP contribution is -2.64. The molecular weight excluding hydrogens is 168 g/mol. The van der Waals surface area contributed by atoms with Gasteiger partial charge < -0.3 is 9.72 Å². The van der Waals surface area contributed by atoms with Crippen LogP contribution in [0.5, 0.6) is 5.75 Å². The van der Waals surface area contributed by atoms with Crippen LogP contribution in [0.2, 0.25) is 0 Å². The number of H-pyrrole nitrogens is 1. The highest BCUT2D eigenvalue weighted by Gasteiger charge is 2.09. The van der Waals surface area contributed by atoms with E-state index in [1.54, 1.807) is 13.2 Å². The SMILES string of the molecule is C=[NH+]Cc1c(OC)cc(C)[nH]c1=O. The number of hydrogen-bond acceptors (Lipinski definition) is 2. The van der Waals surface area contributed by atoms with Gasteiger partial charge in [-0.15, -0.1) is 0 Å². The van der Waals surface area contributed by atoms with Crippen LogP contribution < -0.4 is 15.3 Å². The summed E-state index contributed by atoms with van der Waals surface area (Å²) in [5, 5.41) is 0. The van der Waals surface area contributed by atoms with Crippen LogP contribution in [0.4, 0.5) is 0 Å². The molecule has 0 saturated heterocycles. The van der Waals surface area contributed by atoms with E-state index in [-0.39, 0.29) is 5.56 Å². The van der Waals surface area contributed by atoms with Gasteiger partial charge in [0.2, 0.25) is 0 Å². The second kappa shape index (κ2) is 3.89. The average Bonchev–Trinajstić information content (AvgIpc) is 2.09. The summed E-state index contributed by atoms with van der Waals surface area (Å²) in [6.45, 7) is 5.67. The van der Waals surface area contributed by atoms with Crippen molar-refractivity contribution in [2.24, 2.45) is 0 Å². The molecule has 2 N–H and O–H groups in total. The van der Waals surface area contributed by atoms with Gasteiger partial charge in [-0.25, -0.2) is 4.99 Å². The first-order valence-corrected chi connectivity index (χ1v) is 3.95. The molecule has 1 rings (SSSR count). The highest BCUT2D eigenvalue weighted by molar-refractivity contribution is 5.32. The van der Waals surface area contributed by atoms with Crippen molar-refractivity contribution in [3.05, 3.63) is 27.7 Å². The number of nitrogens with one attached hydrogen (secondary N) is 2. The lowest BCUT2D eigenvalue weighted by Gasteiger charge is -2.04. The molecule has 0 aliphatic heterocycles. The maximum absolute atomic E-state index is 11.4. The van der Waals surface area contributed by atoms with E-state index in [0.717, 1.165) is 5.69 Å². The zero-order valence-electron chi connectivity index (χ0n) is 7.81. The van der Waals surface area contributed by atoms with E-state index < -0.39 is 0 Å². The Morgan fingerprint density at radius 1 is 1.69 bits per heavy atom. The minimum atomic E-state index is -0.131. The minimum absolute atomic E-state index is 0.131. The van der Waals surface area contributed by atoms with Crippen molar-refractivity contribution in [1.82, 2.24) is 4.98 Å². The number of aromatic amines is 1. The van der Waals surface area contributed by atoms with Gasteiger partial charge in [-0.3, -0.25) is 4.79 Å². The summed E-state index contributed by atoms with van der Waals surface area (Å²) in [6.07, 6.45) is 0. The largest absolute Gasteiger partial charge is 0.496 e. The third kappa shape index (κ3) is 1.96. The first-order chi connectivity index (χ1) is 6.19. The molecule has 13 heavy (non-hydrogen) atoms. The van der Waals surface area contributed by atoms with E-state index in [0.29, 0.717) is 17.9 Å². The molecular formula is C9H13N2O2+. The van der Waals surface area contributed by atoms with Gasteiger partial charge in [0, 0.05) is 5.69 Å². The topological polar surface area (TPSA) is 56.1 Å². The predicted molar refractivity (Wildman–Crippen MR) is 50.1 cm³/mol. The van der Waals surface area contributed by atoms with Crippen LogP contribution >= 0.6 is 0 Å². The zero-order chi connectivity index (χ0) is 9.84. The summed E-state index contributed by atoms with van der Waals surface area (Å²) in [5.74, 6) is 0.595. The molecule has 0 saturated carbocycles. The third-order valence-electron chi connectivity index (χ3n) is 1.75. The molecule has 1 heterocycles. The van der Waals surface area contributed by atoms with E-state index in [4.69, 9.17) is 4.74 Å². The van der Waals surface area contributed by atoms with E-state index in [1.165, 1.54) is 0 Å². The van der Waals surface area contributed by atoms with Gasteiger partial charge in [-0.1, -0.05) is 0 Å². The van der Waals surface area contributed by atoms with Gasteiger partial charge >= 0.3 is 0 Å². The van der Waals surface area contributed by atoms with Crippen molar-refractivity contribution in [1.29, 1.82) is 0 Å². The molecule has 0 aliphatic rings. The summed E-state index contributed by atoms with van der Waals surface area (Å²) in [7, 11) is 1.54. The van der Waals surface area contributed by atoms with Gasteiger partial charge in [0.05, 0.1) is 7.11 Å². The molecule has 0 radical (unpaired) electrons. The summed E-state index contributed by atoms with van der Waals surface area (Å²) in [5.41, 5.74) is 1.23. The van der Waals surface area contributed by atoms with Crippen molar-refractivity contribution in [3.63, 3.8) is 0 Å². The van der Waals surface area contributed by atoms with E-state index >= 15 is 0 Å². The Labute approximate surface area is 76.3 Å². The molecule has 0 fully saturated rings. The first kappa shape index (κ1) is 9.51. The molecule has 4 heteroatoms. The fourth-order valence-electron chi connectivity index (χ4n) is 1.16. The molecule has 4 nitrogen and oxygen atoms in total. The quantitative estimate of drug-likeness (QED) is 0.586. The van der Waals surface area contributed by atoms with Gasteiger partial charge in [-0.05, 0) is 13.0 Å². The lowest BCUT2D eigenvalue weighted by molar-refractivity contribution is -0.465. The standard InChI is InChI=1S/C9H12N2O2/c1-6-4-8(13-3)7(5-10-2)9(12)11-6/h4H,2,5H2,1,3H3,(H,11,12)/p+1. The Hall–Kier alpha value is -1.58. The van der Waals surface area contributed by atoms with Crippen LogP contribution in [0, 0.1) is 6.92 Å². The Kier molecular flexibility index (Phi) is 2.84. The van der Waals surface area contributed by atoms with E-state index in [9.17, 15) is 4.79 Å². The van der Waals surface area contributed by atoms with Crippen LogP contribution in [-0.4, -0.2) is 18.8 Å². The van der Waals surface area contributed by atoms with Crippen molar-refractivity contribution < 1.29 is 9.73 Å². The summed E-state index contributed by atoms with van der Waals surface area (Å²) in [4.78, 5) is 16.8. The minimum Gasteiger partial charge on any atom is -0.496 e. The van der Waals surface area contributed by atoms with Gasteiger partial charge in [0.25, 0.3) is 5.56 Å². The number of hydrogen-bond donors (Lipinski definition) is 2. The van der Waals surface area contributed by atoms with E-state index in [1.807, 2.05) is 6.92 Å². The Balaban J connectivity index is 3.29.